The third-order valence-corrected chi connectivity index (χ3v) is 4.18. The second-order valence-electron chi connectivity index (χ2n) is 5.01. The highest BCUT2D eigenvalue weighted by Crippen LogP contribution is 2.33. The van der Waals surface area contributed by atoms with Gasteiger partial charge in [-0.15, -0.1) is 0 Å². The van der Waals surface area contributed by atoms with E-state index in [0.717, 1.165) is 10.3 Å². The number of nitrogens with zero attached hydrogens (tertiary/aromatic N) is 2. The van der Waals surface area contributed by atoms with Crippen LogP contribution in [0, 0.1) is 0 Å². The van der Waals surface area contributed by atoms with Crippen molar-refractivity contribution in [3.8, 4) is 0 Å². The lowest BCUT2D eigenvalue weighted by Gasteiger charge is -2.08. The molecule has 0 aliphatic heterocycles. The molecule has 1 amide bonds. The number of carbonyl (C=O) groups excluding carboxylic acids is 1. The predicted octanol–water partition coefficient (Wildman–Crippen LogP) is 4.68. The minimum atomic E-state index is -2.73. The Kier molecular flexibility index (Phi) is 4.71. The number of halogens is 2. The van der Waals surface area contributed by atoms with Crippen molar-refractivity contribution in [3.63, 3.8) is 0 Å². The molecule has 4 nitrogen and oxygen atoms in total. The van der Waals surface area contributed by atoms with Gasteiger partial charge in [0.2, 0.25) is 5.91 Å². The number of fused-ring (bicyclic) bond motifs is 1. The molecule has 0 spiro atoms. The molecule has 0 aliphatic rings. The largest absolute Gasteiger partial charge is 0.326 e. The Bertz CT molecular complexity index is 885. The molecule has 0 radical (unpaired) electrons. The van der Waals surface area contributed by atoms with Gasteiger partial charge in [-0.1, -0.05) is 30.0 Å². The molecular formula is C17H13F2N3OS. The van der Waals surface area contributed by atoms with E-state index in [-0.39, 0.29) is 5.91 Å². The summed E-state index contributed by atoms with van der Waals surface area (Å²) in [4.78, 5) is 19.8. The second-order valence-corrected chi connectivity index (χ2v) is 6.07. The number of rotatable bonds is 4. The molecule has 0 fully saturated rings. The number of amides is 1. The summed E-state index contributed by atoms with van der Waals surface area (Å²) in [6, 6.07) is 14.2. The first-order chi connectivity index (χ1) is 11.5. The van der Waals surface area contributed by atoms with Crippen molar-refractivity contribution in [2.75, 3.05) is 5.32 Å². The van der Waals surface area contributed by atoms with E-state index in [1.165, 1.54) is 18.7 Å². The maximum atomic E-state index is 13.0. The van der Waals surface area contributed by atoms with Gasteiger partial charge >= 0.3 is 0 Å². The third kappa shape index (κ3) is 3.68. The number of benzene rings is 2. The van der Waals surface area contributed by atoms with Crippen molar-refractivity contribution < 1.29 is 13.6 Å². The summed E-state index contributed by atoms with van der Waals surface area (Å²) in [5.41, 5.74) is 1.16. The Morgan fingerprint density at radius 3 is 2.46 bits per heavy atom. The van der Waals surface area contributed by atoms with Crippen molar-refractivity contribution in [3.05, 3.63) is 54.4 Å². The standard InChI is InChI=1S/C17H13F2N3OS/c1-10(23)20-11-6-8-12(9-7-11)24-17-13-4-2-3-5-14(13)21-16(22-17)15(18)19/h2-9,15H,1H3,(H,20,23). The first kappa shape index (κ1) is 16.3. The van der Waals surface area contributed by atoms with Crippen LogP contribution in [0.1, 0.15) is 19.2 Å². The minimum absolute atomic E-state index is 0.154. The normalized spacial score (nSPS) is 11.0. The van der Waals surface area contributed by atoms with Crippen molar-refractivity contribution in [2.45, 2.75) is 23.3 Å². The fourth-order valence-corrected chi connectivity index (χ4v) is 3.08. The summed E-state index contributed by atoms with van der Waals surface area (Å²) < 4.78 is 26.0. The second kappa shape index (κ2) is 6.92. The molecule has 7 heteroatoms. The molecule has 1 heterocycles. The SMILES string of the molecule is CC(=O)Nc1ccc(Sc2nc(C(F)F)nc3ccccc23)cc1. The van der Waals surface area contributed by atoms with Crippen molar-refractivity contribution >= 4 is 34.3 Å². The topological polar surface area (TPSA) is 54.9 Å². The molecule has 0 aliphatic carbocycles. The van der Waals surface area contributed by atoms with Crippen LogP contribution >= 0.6 is 11.8 Å². The molecule has 1 aromatic heterocycles. The fourth-order valence-electron chi connectivity index (χ4n) is 2.16. The van der Waals surface area contributed by atoms with Crippen molar-refractivity contribution in [1.29, 1.82) is 0 Å². The van der Waals surface area contributed by atoms with Gasteiger partial charge in [-0.05, 0) is 30.3 Å². The van der Waals surface area contributed by atoms with E-state index in [4.69, 9.17) is 0 Å². The zero-order valence-corrected chi connectivity index (χ0v) is 13.5. The summed E-state index contributed by atoms with van der Waals surface area (Å²) in [7, 11) is 0. The lowest BCUT2D eigenvalue weighted by atomic mass is 10.2. The molecule has 0 saturated carbocycles. The van der Waals surface area contributed by atoms with Crippen LogP contribution in [0.25, 0.3) is 10.9 Å². The van der Waals surface area contributed by atoms with E-state index >= 15 is 0 Å². The first-order valence-electron chi connectivity index (χ1n) is 7.13. The van der Waals surface area contributed by atoms with E-state index in [1.807, 2.05) is 6.07 Å². The third-order valence-electron chi connectivity index (χ3n) is 3.17. The molecule has 24 heavy (non-hydrogen) atoms. The Morgan fingerprint density at radius 1 is 1.08 bits per heavy atom. The Morgan fingerprint density at radius 2 is 1.79 bits per heavy atom. The van der Waals surface area contributed by atoms with Crippen LogP contribution in [-0.2, 0) is 4.79 Å². The minimum Gasteiger partial charge on any atom is -0.326 e. The number of para-hydroxylation sites is 1. The quantitative estimate of drug-likeness (QED) is 0.698. The first-order valence-corrected chi connectivity index (χ1v) is 7.95. The van der Waals surface area contributed by atoms with Crippen molar-refractivity contribution in [1.82, 2.24) is 9.97 Å². The summed E-state index contributed by atoms with van der Waals surface area (Å²) in [6.45, 7) is 1.43. The number of nitrogens with one attached hydrogen (secondary N) is 1. The summed E-state index contributed by atoms with van der Waals surface area (Å²) in [5.74, 6) is -0.634. The van der Waals surface area contributed by atoms with Crippen LogP contribution in [0.15, 0.2) is 58.5 Å². The molecule has 1 N–H and O–H groups in total. The van der Waals surface area contributed by atoms with E-state index in [9.17, 15) is 13.6 Å². The number of hydrogen-bond donors (Lipinski definition) is 1. The van der Waals surface area contributed by atoms with E-state index in [1.54, 1.807) is 42.5 Å². The van der Waals surface area contributed by atoms with Crippen LogP contribution in [0.4, 0.5) is 14.5 Å². The summed E-state index contributed by atoms with van der Waals surface area (Å²) in [5, 5.41) is 3.87. The number of alkyl halides is 2. The van der Waals surface area contributed by atoms with Gasteiger partial charge < -0.3 is 5.32 Å². The lowest BCUT2D eigenvalue weighted by molar-refractivity contribution is -0.114. The molecule has 0 unspecified atom stereocenters. The van der Waals surface area contributed by atoms with Gasteiger partial charge in [0.05, 0.1) is 5.52 Å². The van der Waals surface area contributed by atoms with Gasteiger partial charge in [-0.2, -0.15) is 0 Å². The van der Waals surface area contributed by atoms with Gasteiger partial charge in [-0.25, -0.2) is 18.7 Å². The predicted molar refractivity (Wildman–Crippen MR) is 89.4 cm³/mol. The molecule has 0 bridgehead atoms. The van der Waals surface area contributed by atoms with Crippen LogP contribution < -0.4 is 5.32 Å². The highest BCUT2D eigenvalue weighted by atomic mass is 32.2. The van der Waals surface area contributed by atoms with E-state index in [2.05, 4.69) is 15.3 Å². The molecule has 0 atom stereocenters. The maximum absolute atomic E-state index is 13.0. The van der Waals surface area contributed by atoms with Gasteiger partial charge in [0, 0.05) is 22.9 Å². The molecule has 3 aromatic rings. The Hall–Kier alpha value is -2.54. The maximum Gasteiger partial charge on any atom is 0.297 e. The number of carbonyl (C=O) groups is 1. The van der Waals surface area contributed by atoms with Crippen molar-refractivity contribution in [2.24, 2.45) is 0 Å². The van der Waals surface area contributed by atoms with E-state index in [0.29, 0.717) is 16.2 Å². The van der Waals surface area contributed by atoms with Gasteiger partial charge in [0.1, 0.15) is 5.03 Å². The van der Waals surface area contributed by atoms with Gasteiger partial charge in [0.15, 0.2) is 5.82 Å². The monoisotopic (exact) mass is 345 g/mol. The van der Waals surface area contributed by atoms with Crippen LogP contribution in [0.2, 0.25) is 0 Å². The highest BCUT2D eigenvalue weighted by molar-refractivity contribution is 7.99. The smallest absolute Gasteiger partial charge is 0.297 e. The Balaban J connectivity index is 1.95. The van der Waals surface area contributed by atoms with Crippen LogP contribution in [-0.4, -0.2) is 15.9 Å². The molecular weight excluding hydrogens is 332 g/mol. The van der Waals surface area contributed by atoms with Gasteiger partial charge in [0.25, 0.3) is 6.43 Å². The van der Waals surface area contributed by atoms with E-state index < -0.39 is 12.2 Å². The lowest BCUT2D eigenvalue weighted by Crippen LogP contribution is -2.05. The average Bonchev–Trinajstić information content (AvgIpc) is 2.56. The average molecular weight is 345 g/mol. The highest BCUT2D eigenvalue weighted by Gasteiger charge is 2.15. The molecule has 2 aromatic carbocycles. The zero-order chi connectivity index (χ0) is 17.1. The summed E-state index contributed by atoms with van der Waals surface area (Å²) in [6.07, 6.45) is -2.73. The van der Waals surface area contributed by atoms with Crippen LogP contribution in [0.5, 0.6) is 0 Å². The molecule has 3 rings (SSSR count). The molecule has 0 saturated heterocycles. The Labute approximate surface area is 141 Å². The number of aromatic nitrogens is 2. The molecule has 122 valence electrons. The summed E-state index contributed by atoms with van der Waals surface area (Å²) >= 11 is 1.28. The van der Waals surface area contributed by atoms with Gasteiger partial charge in [-0.3, -0.25) is 4.79 Å². The number of anilines is 1. The fraction of sp³-hybridized carbons (Fsp3) is 0.118. The zero-order valence-electron chi connectivity index (χ0n) is 12.7. The van der Waals surface area contributed by atoms with Crippen LogP contribution in [0.3, 0.4) is 0 Å². The number of hydrogen-bond acceptors (Lipinski definition) is 4.